The minimum atomic E-state index is 0. The molecule has 0 aliphatic carbocycles. The van der Waals surface area contributed by atoms with Crippen molar-refractivity contribution in [1.29, 1.82) is 0 Å². The first-order valence-corrected chi connectivity index (χ1v) is 2.75. The zero-order chi connectivity index (χ0) is 2.71. The maximum atomic E-state index is 2.09. The van der Waals surface area contributed by atoms with Gasteiger partial charge in [-0.3, -0.25) is 0 Å². The smallest absolute Gasteiger partial charge is 0 e. The molecule has 2 radical (unpaired) electrons. The molecule has 0 atom stereocenters. The summed E-state index contributed by atoms with van der Waals surface area (Å²) in [6, 6.07) is 0. The van der Waals surface area contributed by atoms with E-state index < -0.39 is 0 Å². The fourth-order valence-electron chi connectivity index (χ4n) is 0. The fourth-order valence-corrected chi connectivity index (χ4v) is 0. The summed E-state index contributed by atoms with van der Waals surface area (Å²) in [5.74, 6) is 4.19. The van der Waals surface area contributed by atoms with Crippen molar-refractivity contribution in [2.24, 2.45) is 0 Å². The average molecular weight is 311 g/mol. The van der Waals surface area contributed by atoms with Crippen molar-refractivity contribution in [2.45, 2.75) is 11.7 Å². The molecule has 0 saturated heterocycles. The minimum Gasteiger partial charge on any atom is 0 e. The first-order chi connectivity index (χ1) is 1.41. The Kier molecular flexibility index (Phi) is 185. The van der Waals surface area contributed by atoms with Crippen molar-refractivity contribution in [1.82, 2.24) is 0 Å². The number of hydrogen-bond acceptors (Lipinski definition) is 0. The van der Waals surface area contributed by atoms with Crippen molar-refractivity contribution in [3.63, 3.8) is 0 Å². The second kappa shape index (κ2) is 38.4. The van der Waals surface area contributed by atoms with Gasteiger partial charge in [-0.1, -0.05) is 0 Å². The molecule has 0 fully saturated rings. The van der Waals surface area contributed by atoms with Gasteiger partial charge in [-0.25, -0.2) is 0 Å². The molecular weight excluding hydrogens is 305 g/mol. The zero-order valence-electron chi connectivity index (χ0n) is 3.82. The van der Waals surface area contributed by atoms with E-state index in [2.05, 4.69) is 11.7 Å². The normalized spacial score (nSPS) is 3.14. The Bertz CT molecular complexity index is 10.9. The Balaban J connectivity index is -0.00000000333. The van der Waals surface area contributed by atoms with Crippen LogP contribution in [0.15, 0.2) is 0 Å². The van der Waals surface area contributed by atoms with E-state index in [1.54, 1.807) is 0 Å². The van der Waals surface area contributed by atoms with Gasteiger partial charge < -0.3 is 0 Å². The van der Waals surface area contributed by atoms with E-state index >= 15 is 0 Å². The SMILES string of the molecule is [CH3][Co][CH3].[Co].[Co].[Cr].[Cr]. The molecule has 0 heterocycles. The fraction of sp³-hybridized carbons (Fsp3) is 1.00. The molecule has 0 bridgehead atoms. The summed E-state index contributed by atoms with van der Waals surface area (Å²) in [7, 11) is 0. The molecule has 0 N–H and O–H groups in total. The summed E-state index contributed by atoms with van der Waals surface area (Å²) in [4.78, 5) is 0. The largest absolute Gasteiger partial charge is 0 e. The van der Waals surface area contributed by atoms with Gasteiger partial charge in [0.2, 0.25) is 0 Å². The van der Waals surface area contributed by atoms with Gasteiger partial charge in [0, 0.05) is 68.3 Å². The Morgan fingerprint density at radius 1 is 0.857 bits per heavy atom. The zero-order valence-corrected chi connectivity index (χ0v) is 9.49. The molecule has 0 aromatic carbocycles. The van der Waals surface area contributed by atoms with Gasteiger partial charge in [-0.2, -0.15) is 0 Å². The monoisotopic (exact) mass is 311 g/mol. The van der Waals surface area contributed by atoms with Crippen LogP contribution >= 0.6 is 0 Å². The van der Waals surface area contributed by atoms with Crippen LogP contribution in [0.4, 0.5) is 0 Å². The quantitative estimate of drug-likeness (QED) is 0.630. The van der Waals surface area contributed by atoms with Crippen LogP contribution in [0.25, 0.3) is 0 Å². The molecule has 0 aliphatic heterocycles. The van der Waals surface area contributed by atoms with E-state index in [1.807, 2.05) is 0 Å². The van der Waals surface area contributed by atoms with Gasteiger partial charge in [0.25, 0.3) is 0 Å². The minimum absolute atomic E-state index is 0. The molecule has 0 rings (SSSR count). The standard InChI is InChI=1S/2CH3.3Co.2Cr/h2*1H3;;;;;. The summed E-state index contributed by atoms with van der Waals surface area (Å²) < 4.78 is 0. The van der Waals surface area contributed by atoms with Crippen LogP contribution in [0.3, 0.4) is 0 Å². The maximum absolute atomic E-state index is 2.09. The van der Waals surface area contributed by atoms with Crippen LogP contribution in [0.5, 0.6) is 0 Å². The third kappa shape index (κ3) is 55.7. The second-order valence-corrected chi connectivity index (χ2v) is 1.37. The van der Waals surface area contributed by atoms with Crippen LogP contribution < -0.4 is 0 Å². The summed E-state index contributed by atoms with van der Waals surface area (Å²) in [6.45, 7) is 0. The molecule has 0 unspecified atom stereocenters. The van der Waals surface area contributed by atoms with E-state index in [-0.39, 0.29) is 68.3 Å². The van der Waals surface area contributed by atoms with Gasteiger partial charge in [0.1, 0.15) is 0 Å². The molecule has 0 amide bonds. The second-order valence-electron chi connectivity index (χ2n) is 0.333. The average Bonchev–Trinajstić information content (AvgIpc) is 0.918. The Labute approximate surface area is 93.6 Å². The summed E-state index contributed by atoms with van der Waals surface area (Å²) in [5.41, 5.74) is 0. The topological polar surface area (TPSA) is 0 Å². The van der Waals surface area contributed by atoms with Gasteiger partial charge >= 0.3 is 26.4 Å². The molecule has 0 spiro atoms. The van der Waals surface area contributed by atoms with E-state index in [4.69, 9.17) is 0 Å². The molecule has 0 aromatic rings. The summed E-state index contributed by atoms with van der Waals surface area (Å²) >= 11 is 1.44. The van der Waals surface area contributed by atoms with Gasteiger partial charge in [0.05, 0.1) is 0 Å². The first-order valence-electron chi connectivity index (χ1n) is 0.667. The van der Waals surface area contributed by atoms with Gasteiger partial charge in [-0.15, -0.1) is 0 Å². The summed E-state index contributed by atoms with van der Waals surface area (Å²) in [5, 5.41) is 0. The molecule has 0 saturated carbocycles. The Morgan fingerprint density at radius 2 is 0.857 bits per heavy atom. The van der Waals surface area contributed by atoms with Gasteiger partial charge in [0.15, 0.2) is 0 Å². The predicted molar refractivity (Wildman–Crippen MR) is 11.7 cm³/mol. The number of hydrogen-bond donors (Lipinski definition) is 0. The molecular formula is C2H6Co3Cr2. The van der Waals surface area contributed by atoms with Crippen LogP contribution in [0.2, 0.25) is 11.7 Å². The predicted octanol–water partition coefficient (Wildman–Crippen LogP) is 1.16. The summed E-state index contributed by atoms with van der Waals surface area (Å²) in [6.07, 6.45) is 0. The van der Waals surface area contributed by atoms with Crippen molar-refractivity contribution in [3.8, 4) is 0 Å². The molecule has 0 aliphatic rings. The molecule has 53 valence electrons. The van der Waals surface area contributed by atoms with Crippen LogP contribution in [0.1, 0.15) is 0 Å². The molecule has 5 heteroatoms. The number of rotatable bonds is 0. The van der Waals surface area contributed by atoms with E-state index in [1.165, 1.54) is 14.7 Å². The Morgan fingerprint density at radius 3 is 0.857 bits per heavy atom. The third-order valence-corrected chi connectivity index (χ3v) is 0. The molecule has 0 nitrogen and oxygen atoms in total. The van der Waals surface area contributed by atoms with Crippen molar-refractivity contribution in [2.75, 3.05) is 0 Å². The first kappa shape index (κ1) is 33.6. The van der Waals surface area contributed by atoms with Crippen LogP contribution in [0, 0.1) is 0 Å². The van der Waals surface area contributed by atoms with Crippen molar-refractivity contribution >= 4 is 0 Å². The van der Waals surface area contributed by atoms with E-state index in [9.17, 15) is 0 Å². The van der Waals surface area contributed by atoms with Crippen LogP contribution in [-0.4, -0.2) is 0 Å². The van der Waals surface area contributed by atoms with Crippen LogP contribution in [-0.2, 0) is 83.0 Å². The molecule has 7 heavy (non-hydrogen) atoms. The third-order valence-electron chi connectivity index (χ3n) is 0. The van der Waals surface area contributed by atoms with E-state index in [0.29, 0.717) is 0 Å². The Hall–Kier alpha value is 2.58. The van der Waals surface area contributed by atoms with Gasteiger partial charge in [-0.05, 0) is 0 Å². The maximum Gasteiger partial charge on any atom is 0 e. The van der Waals surface area contributed by atoms with Crippen molar-refractivity contribution < 1.29 is 83.0 Å². The van der Waals surface area contributed by atoms with Crippen molar-refractivity contribution in [3.05, 3.63) is 0 Å². The molecule has 0 aromatic heterocycles. The van der Waals surface area contributed by atoms with E-state index in [0.717, 1.165) is 0 Å².